The first-order chi connectivity index (χ1) is 17.0. The smallest absolute Gasteiger partial charge is 0.326 e. The van der Waals surface area contributed by atoms with Crippen LogP contribution in [0, 0.1) is 14.3 Å². The second-order valence-electron chi connectivity index (χ2n) is 7.75. The third kappa shape index (κ3) is 8.98. The number of benzene rings is 2. The van der Waals surface area contributed by atoms with Crippen molar-refractivity contribution in [3.05, 3.63) is 44.1 Å². The maximum atomic E-state index is 12.6. The first kappa shape index (κ1) is 29.4. The molecule has 0 aliphatic rings. The minimum absolute atomic E-state index is 0.133. The average molecular weight is 933 g/mol. The minimum Gasteiger partial charge on any atom is -0.506 e. The summed E-state index contributed by atoms with van der Waals surface area (Å²) < 4.78 is 16.6. The fraction of sp³-hybridized carbons (Fsp3) is 0.417. The molecule has 2 N–H and O–H groups in total. The first-order valence-corrected chi connectivity index (χ1v) is 15.2. The van der Waals surface area contributed by atoms with Crippen molar-refractivity contribution in [2.75, 3.05) is 26.2 Å². The van der Waals surface area contributed by atoms with Gasteiger partial charge in [0.25, 0.3) is 0 Å². The van der Waals surface area contributed by atoms with Gasteiger partial charge in [-0.25, -0.2) is 4.79 Å². The van der Waals surface area contributed by atoms with Crippen LogP contribution in [0.3, 0.4) is 0 Å². The van der Waals surface area contributed by atoms with Gasteiger partial charge in [0.1, 0.15) is 17.5 Å². The maximum Gasteiger partial charge on any atom is 0.326 e. The highest BCUT2D eigenvalue weighted by Crippen LogP contribution is 2.37. The molecular weight excluding hydrogens is 904 g/mol. The lowest BCUT2D eigenvalue weighted by Crippen LogP contribution is -2.46. The molecule has 0 aliphatic heterocycles. The van der Waals surface area contributed by atoms with Gasteiger partial charge >= 0.3 is 5.97 Å². The number of phenols is 1. The first-order valence-electron chi connectivity index (χ1n) is 11.6. The van der Waals surface area contributed by atoms with Gasteiger partial charge in [-0.2, -0.15) is 0 Å². The molecular formula is C24H28I4N2O5. The van der Waals surface area contributed by atoms with E-state index < -0.39 is 24.8 Å². The van der Waals surface area contributed by atoms with E-state index in [9.17, 15) is 19.8 Å². The highest BCUT2D eigenvalue weighted by molar-refractivity contribution is 14.1. The monoisotopic (exact) mass is 933 g/mol. The van der Waals surface area contributed by atoms with Gasteiger partial charge in [-0.1, -0.05) is 13.8 Å². The second kappa shape index (κ2) is 14.7. The van der Waals surface area contributed by atoms with Crippen LogP contribution in [0.2, 0.25) is 0 Å². The molecule has 0 heterocycles. The Kier molecular flexibility index (Phi) is 12.4. The quantitative estimate of drug-likeness (QED) is 0.248. The van der Waals surface area contributed by atoms with Crippen molar-refractivity contribution < 1.29 is 25.9 Å². The fourth-order valence-corrected chi connectivity index (χ4v) is 7.39. The van der Waals surface area contributed by atoms with Crippen LogP contribution in [0.4, 0.5) is 0 Å². The zero-order chi connectivity index (χ0) is 27.0. The van der Waals surface area contributed by atoms with Crippen molar-refractivity contribution in [2.45, 2.75) is 39.6 Å². The summed E-state index contributed by atoms with van der Waals surface area (Å²) in [6.07, 6.45) is 0.775. The molecule has 1 atom stereocenters. The van der Waals surface area contributed by atoms with E-state index in [2.05, 4.69) is 63.9 Å². The normalized spacial score (nSPS) is 12.4. The number of amides is 1. The molecule has 0 aliphatic carbocycles. The van der Waals surface area contributed by atoms with Crippen molar-refractivity contribution in [1.82, 2.24) is 9.80 Å². The summed E-state index contributed by atoms with van der Waals surface area (Å²) in [5, 5.41) is 20.0. The van der Waals surface area contributed by atoms with Gasteiger partial charge in [-0.05, 0) is 146 Å². The largest absolute Gasteiger partial charge is 0.506 e. The number of carboxylic acid groups (broad SMARTS) is 1. The molecule has 35 heavy (non-hydrogen) atoms. The number of nitrogens with zero attached hydrogens (tertiary/aromatic N) is 2. The predicted molar refractivity (Wildman–Crippen MR) is 170 cm³/mol. The molecule has 2 rings (SSSR count). The molecule has 2 aromatic rings. The summed E-state index contributed by atoms with van der Waals surface area (Å²) in [5.41, 5.74) is 0.768. The summed E-state index contributed by atoms with van der Waals surface area (Å²) in [5.74, 6) is -0.121. The Morgan fingerprint density at radius 1 is 1.00 bits per heavy atom. The number of hydrogen-bond donors (Lipinski definition) is 2. The molecule has 0 saturated carbocycles. The Morgan fingerprint density at radius 2 is 1.57 bits per heavy atom. The zero-order valence-electron chi connectivity index (χ0n) is 20.4. The highest BCUT2D eigenvalue weighted by atomic mass is 127. The summed E-state index contributed by atoms with van der Waals surface area (Å²) in [7, 11) is 0. The van der Waals surface area contributed by atoms with E-state index in [1.54, 1.807) is 12.1 Å². The zero-order valence-corrected chi connectivity index (χ0v) is 28.0. The van der Waals surface area contributed by atoms with Gasteiger partial charge in [-0.3, -0.25) is 4.79 Å². The molecule has 2 aromatic carbocycles. The lowest BCUT2D eigenvalue weighted by molar-refractivity contribution is -0.149. The van der Waals surface area contributed by atoms with Gasteiger partial charge in [0.05, 0.1) is 14.3 Å². The number of hydrogen-bond acceptors (Lipinski definition) is 5. The standard InChI is InChI=1S/C24H28I4N2O5/c1-4-29(5-2)7-6-8-30(14(3)31)21(24(33)34)11-15-9-19(27)23(20(28)10-15)35-16-12-17(25)22(32)18(26)13-16/h9-10,12-13,21,32H,4-8,11H2,1-3H3,(H,33,34)/t21-/m0/s1/i3D. The van der Waals surface area contributed by atoms with Crippen LogP contribution in [0.5, 0.6) is 17.2 Å². The van der Waals surface area contributed by atoms with Crippen molar-refractivity contribution in [3.63, 3.8) is 0 Å². The number of halogens is 4. The number of carbonyl (C=O) groups excluding carboxylic acids is 1. The third-order valence-corrected chi connectivity index (χ3v) is 8.69. The Morgan fingerprint density at radius 3 is 2.06 bits per heavy atom. The second-order valence-corrected chi connectivity index (χ2v) is 12.4. The van der Waals surface area contributed by atoms with Crippen LogP contribution >= 0.6 is 90.4 Å². The van der Waals surface area contributed by atoms with Gasteiger partial charge in [0.15, 0.2) is 5.75 Å². The number of carbonyl (C=O) groups is 2. The van der Waals surface area contributed by atoms with Crippen LogP contribution in [-0.2, 0) is 16.0 Å². The van der Waals surface area contributed by atoms with E-state index in [0.29, 0.717) is 31.6 Å². The third-order valence-electron chi connectivity index (χ3n) is 5.45. The molecule has 1 amide bonds. The summed E-state index contributed by atoms with van der Waals surface area (Å²) in [6, 6.07) is 6.17. The molecule has 0 unspecified atom stereocenters. The molecule has 0 saturated heterocycles. The summed E-state index contributed by atoms with van der Waals surface area (Å²) >= 11 is 8.41. The van der Waals surface area contributed by atoms with Crippen LogP contribution in [0.25, 0.3) is 0 Å². The van der Waals surface area contributed by atoms with Crippen molar-refractivity contribution in [1.29, 1.82) is 0 Å². The number of ether oxygens (including phenoxy) is 1. The lowest BCUT2D eigenvalue weighted by Gasteiger charge is -2.29. The van der Waals surface area contributed by atoms with Crippen LogP contribution < -0.4 is 4.74 Å². The fourth-order valence-electron chi connectivity index (χ4n) is 3.56. The molecule has 0 fully saturated rings. The Labute approximate surface area is 262 Å². The lowest BCUT2D eigenvalue weighted by atomic mass is 10.0. The molecule has 0 radical (unpaired) electrons. The van der Waals surface area contributed by atoms with E-state index in [4.69, 9.17) is 6.11 Å². The van der Waals surface area contributed by atoms with E-state index >= 15 is 0 Å². The van der Waals surface area contributed by atoms with Crippen LogP contribution in [0.15, 0.2) is 24.3 Å². The average Bonchev–Trinajstić information content (AvgIpc) is 2.83. The van der Waals surface area contributed by atoms with Crippen molar-refractivity contribution in [2.24, 2.45) is 0 Å². The molecule has 0 spiro atoms. The van der Waals surface area contributed by atoms with E-state index in [1.807, 2.05) is 57.3 Å². The van der Waals surface area contributed by atoms with Crippen molar-refractivity contribution in [3.8, 4) is 17.2 Å². The van der Waals surface area contributed by atoms with Gasteiger partial charge in [-0.15, -0.1) is 0 Å². The van der Waals surface area contributed by atoms with E-state index in [-0.39, 0.29) is 12.2 Å². The van der Waals surface area contributed by atoms with Gasteiger partial charge in [0.2, 0.25) is 5.91 Å². The van der Waals surface area contributed by atoms with Crippen LogP contribution in [-0.4, -0.2) is 64.1 Å². The molecule has 7 nitrogen and oxygen atoms in total. The van der Waals surface area contributed by atoms with Crippen LogP contribution in [0.1, 0.15) is 34.1 Å². The van der Waals surface area contributed by atoms with E-state index in [1.165, 1.54) is 4.90 Å². The molecule has 0 bridgehead atoms. The number of phenolic OH excluding ortho intramolecular Hbond substituents is 1. The molecule has 11 heteroatoms. The highest BCUT2D eigenvalue weighted by Gasteiger charge is 2.28. The Hall–Kier alpha value is -0.140. The summed E-state index contributed by atoms with van der Waals surface area (Å²) in [6.45, 7) is 6.47. The minimum atomic E-state index is -1.08. The SMILES string of the molecule is [2H]CC(=O)N(CCCN(CC)CC)[C@@H](Cc1cc(I)c(Oc2cc(I)c(O)c(I)c2)c(I)c1)C(=O)O. The Balaban J connectivity index is 2.27. The van der Waals surface area contributed by atoms with E-state index in [0.717, 1.165) is 32.3 Å². The predicted octanol–water partition coefficient (Wildman–Crippen LogP) is 6.18. The molecule has 192 valence electrons. The van der Waals surface area contributed by atoms with Crippen molar-refractivity contribution >= 4 is 102 Å². The topological polar surface area (TPSA) is 90.3 Å². The molecule has 0 aromatic heterocycles. The number of carboxylic acids is 1. The number of aliphatic carboxylic acids is 1. The summed E-state index contributed by atoms with van der Waals surface area (Å²) in [4.78, 5) is 28.3. The van der Waals surface area contributed by atoms with Gasteiger partial charge in [0, 0.05) is 21.2 Å². The maximum absolute atomic E-state index is 12.6. The number of aromatic hydroxyl groups is 1. The number of rotatable bonds is 12. The van der Waals surface area contributed by atoms with Gasteiger partial charge < -0.3 is 24.7 Å². The Bertz CT molecular complexity index is 1040.